The molecule has 2 atom stereocenters. The SMILES string of the molecule is CC(O)CC(C)O.Cc1c[c-]c(-c2nnc(-c3ccc(C)cc3)[nH]2)cc1.[Ir]. The van der Waals surface area contributed by atoms with Crippen molar-refractivity contribution in [2.45, 2.75) is 46.3 Å². The topological polar surface area (TPSA) is 82.0 Å². The molecule has 0 aliphatic carbocycles. The average molecular weight is 545 g/mol. The van der Waals surface area contributed by atoms with Gasteiger partial charge < -0.3 is 15.2 Å². The molecule has 5 nitrogen and oxygen atoms in total. The van der Waals surface area contributed by atoms with Crippen LogP contribution in [0.3, 0.4) is 0 Å². The maximum Gasteiger partial charge on any atom is 0.152 e. The van der Waals surface area contributed by atoms with Crippen LogP contribution in [-0.4, -0.2) is 37.6 Å². The molecule has 0 spiro atoms. The molecule has 2 aromatic carbocycles. The zero-order valence-electron chi connectivity index (χ0n) is 16.0. The fraction of sp³-hybridized carbons (Fsp3) is 0.333. The number of H-pyrrole nitrogens is 1. The number of nitrogens with zero attached hydrogens (tertiary/aromatic N) is 2. The molecule has 147 valence electrons. The Morgan fingerprint density at radius 1 is 0.889 bits per heavy atom. The van der Waals surface area contributed by atoms with Crippen LogP contribution in [0.1, 0.15) is 31.4 Å². The van der Waals surface area contributed by atoms with Gasteiger partial charge in [0.1, 0.15) is 0 Å². The molecule has 3 rings (SSSR count). The minimum Gasteiger partial charge on any atom is -0.393 e. The summed E-state index contributed by atoms with van der Waals surface area (Å²) in [7, 11) is 0. The number of nitrogens with one attached hydrogen (secondary N) is 1. The molecule has 0 saturated carbocycles. The normalized spacial score (nSPS) is 12.4. The van der Waals surface area contributed by atoms with E-state index in [0.717, 1.165) is 22.8 Å². The predicted molar refractivity (Wildman–Crippen MR) is 104 cm³/mol. The van der Waals surface area contributed by atoms with Crippen molar-refractivity contribution in [3.05, 3.63) is 59.7 Å². The second kappa shape index (κ2) is 11.1. The van der Waals surface area contributed by atoms with Gasteiger partial charge in [-0.25, -0.2) is 0 Å². The molecule has 0 bridgehead atoms. The van der Waals surface area contributed by atoms with Crippen LogP contribution in [0.25, 0.3) is 22.8 Å². The molecule has 1 aromatic heterocycles. The van der Waals surface area contributed by atoms with Crippen LogP contribution >= 0.6 is 0 Å². The molecule has 3 N–H and O–H groups in total. The minimum atomic E-state index is -0.375. The van der Waals surface area contributed by atoms with Crippen LogP contribution in [0.15, 0.2) is 42.5 Å². The van der Waals surface area contributed by atoms with E-state index in [-0.39, 0.29) is 32.3 Å². The van der Waals surface area contributed by atoms with Crippen molar-refractivity contribution in [2.24, 2.45) is 0 Å². The Morgan fingerprint density at radius 3 is 1.93 bits per heavy atom. The number of aromatic nitrogens is 3. The zero-order valence-corrected chi connectivity index (χ0v) is 18.4. The van der Waals surface area contributed by atoms with Gasteiger partial charge in [0.2, 0.25) is 0 Å². The van der Waals surface area contributed by atoms with Gasteiger partial charge in [-0.05, 0) is 27.2 Å². The van der Waals surface area contributed by atoms with E-state index in [1.807, 2.05) is 37.3 Å². The van der Waals surface area contributed by atoms with Gasteiger partial charge in [-0.3, -0.25) is 0 Å². The van der Waals surface area contributed by atoms with Crippen molar-refractivity contribution in [1.29, 1.82) is 0 Å². The Bertz CT molecular complexity index is 731. The van der Waals surface area contributed by atoms with E-state index < -0.39 is 0 Å². The molecule has 1 radical (unpaired) electrons. The summed E-state index contributed by atoms with van der Waals surface area (Å²) in [6, 6.07) is 17.4. The summed E-state index contributed by atoms with van der Waals surface area (Å²) in [6.45, 7) is 7.43. The number of benzene rings is 2. The Morgan fingerprint density at radius 2 is 1.44 bits per heavy atom. The van der Waals surface area contributed by atoms with Crippen LogP contribution in [0, 0.1) is 19.9 Å². The van der Waals surface area contributed by atoms with Crippen molar-refractivity contribution < 1.29 is 30.3 Å². The number of hydrogen-bond acceptors (Lipinski definition) is 4. The molecule has 0 amide bonds. The van der Waals surface area contributed by atoms with Gasteiger partial charge in [0.25, 0.3) is 0 Å². The van der Waals surface area contributed by atoms with Crippen molar-refractivity contribution in [3.8, 4) is 22.8 Å². The third kappa shape index (κ3) is 7.73. The molecule has 3 aromatic rings. The van der Waals surface area contributed by atoms with Gasteiger partial charge in [0.15, 0.2) is 5.82 Å². The van der Waals surface area contributed by atoms with E-state index >= 15 is 0 Å². The van der Waals surface area contributed by atoms with Gasteiger partial charge in [-0.2, -0.15) is 5.10 Å². The first-order valence-corrected chi connectivity index (χ1v) is 8.69. The maximum absolute atomic E-state index is 8.56. The molecular weight excluding hydrogens is 518 g/mol. The van der Waals surface area contributed by atoms with E-state index in [2.05, 4.69) is 40.3 Å². The monoisotopic (exact) mass is 545 g/mol. The number of aliphatic hydroxyl groups excluding tert-OH is 2. The van der Waals surface area contributed by atoms with E-state index in [4.69, 9.17) is 10.2 Å². The molecule has 0 saturated heterocycles. The van der Waals surface area contributed by atoms with E-state index in [1.165, 1.54) is 11.1 Å². The first-order valence-electron chi connectivity index (χ1n) is 8.69. The van der Waals surface area contributed by atoms with E-state index in [1.54, 1.807) is 13.8 Å². The minimum absolute atomic E-state index is 0. The number of aromatic amines is 1. The third-order valence-electron chi connectivity index (χ3n) is 3.72. The summed E-state index contributed by atoms with van der Waals surface area (Å²) < 4.78 is 0. The fourth-order valence-corrected chi connectivity index (χ4v) is 2.37. The zero-order chi connectivity index (χ0) is 19.1. The van der Waals surface area contributed by atoms with Crippen molar-refractivity contribution in [3.63, 3.8) is 0 Å². The first-order chi connectivity index (χ1) is 12.3. The second-order valence-electron chi connectivity index (χ2n) is 6.60. The number of aryl methyl sites for hydroxylation is 2. The third-order valence-corrected chi connectivity index (χ3v) is 3.72. The van der Waals surface area contributed by atoms with Gasteiger partial charge in [0, 0.05) is 25.7 Å². The summed E-state index contributed by atoms with van der Waals surface area (Å²) in [6.07, 6.45) is -0.278. The standard InChI is InChI=1S/C16H14N3.C5H12O2.Ir/c1-11-3-7-13(8-4-11)15-17-16(19-18-15)14-9-5-12(2)6-10-14;1-4(6)3-5(2)7;/h3-9H,1-2H3,(H,17,18,19);4-7H,3H2,1-2H3;/q-1;;. The van der Waals surface area contributed by atoms with Crippen molar-refractivity contribution in [1.82, 2.24) is 15.2 Å². The van der Waals surface area contributed by atoms with Gasteiger partial charge in [-0.1, -0.05) is 36.8 Å². The predicted octanol–water partition coefficient (Wildman–Crippen LogP) is 3.69. The Balaban J connectivity index is 0.000000395. The van der Waals surface area contributed by atoms with Crippen LogP contribution in [-0.2, 0) is 20.1 Å². The van der Waals surface area contributed by atoms with Gasteiger partial charge in [0.05, 0.1) is 18.0 Å². The van der Waals surface area contributed by atoms with Crippen LogP contribution in [0.4, 0.5) is 0 Å². The van der Waals surface area contributed by atoms with E-state index in [9.17, 15) is 0 Å². The number of aliphatic hydroxyl groups is 2. The Labute approximate surface area is 174 Å². The van der Waals surface area contributed by atoms with Crippen LogP contribution in [0.2, 0.25) is 0 Å². The summed E-state index contributed by atoms with van der Waals surface area (Å²) in [5, 5.41) is 25.5. The molecular formula is C21H26IrN3O2-. The summed E-state index contributed by atoms with van der Waals surface area (Å²) in [5.74, 6) is 1.53. The Hall–Kier alpha value is -1.85. The molecule has 0 aliphatic heterocycles. The fourth-order valence-electron chi connectivity index (χ4n) is 2.37. The largest absolute Gasteiger partial charge is 0.393 e. The smallest absolute Gasteiger partial charge is 0.152 e. The summed E-state index contributed by atoms with van der Waals surface area (Å²) in [5.41, 5.74) is 4.38. The van der Waals surface area contributed by atoms with Gasteiger partial charge in [-0.15, -0.1) is 40.5 Å². The average Bonchev–Trinajstić information content (AvgIpc) is 3.05. The van der Waals surface area contributed by atoms with Crippen molar-refractivity contribution in [2.75, 3.05) is 0 Å². The molecule has 1 heterocycles. The summed E-state index contributed by atoms with van der Waals surface area (Å²) in [4.78, 5) is 3.23. The number of rotatable bonds is 4. The second-order valence-corrected chi connectivity index (χ2v) is 6.60. The molecule has 0 aliphatic rings. The Kier molecular flexibility index (Phi) is 9.53. The van der Waals surface area contributed by atoms with E-state index in [0.29, 0.717) is 6.42 Å². The maximum atomic E-state index is 8.56. The number of hydrogen-bond donors (Lipinski definition) is 3. The molecule has 2 unspecified atom stereocenters. The van der Waals surface area contributed by atoms with Crippen molar-refractivity contribution >= 4 is 0 Å². The molecule has 6 heteroatoms. The molecule has 27 heavy (non-hydrogen) atoms. The summed E-state index contributed by atoms with van der Waals surface area (Å²) >= 11 is 0. The quantitative estimate of drug-likeness (QED) is 0.438. The first kappa shape index (κ1) is 23.2. The molecule has 0 fully saturated rings. The van der Waals surface area contributed by atoms with Crippen LogP contribution < -0.4 is 0 Å². The van der Waals surface area contributed by atoms with Crippen LogP contribution in [0.5, 0.6) is 0 Å². The van der Waals surface area contributed by atoms with Gasteiger partial charge >= 0.3 is 0 Å².